The van der Waals surface area contributed by atoms with E-state index in [9.17, 15) is 4.39 Å². The molecule has 110 valence electrons. The summed E-state index contributed by atoms with van der Waals surface area (Å²) in [7, 11) is 1.82. The molecule has 0 bridgehead atoms. The van der Waals surface area contributed by atoms with Crippen molar-refractivity contribution < 1.29 is 4.39 Å². The Bertz CT molecular complexity index is 835. The first kappa shape index (κ1) is 14.4. The van der Waals surface area contributed by atoms with Crippen LogP contribution in [0.2, 0.25) is 5.02 Å². The van der Waals surface area contributed by atoms with Crippen molar-refractivity contribution in [3.05, 3.63) is 40.6 Å². The fourth-order valence-electron chi connectivity index (χ4n) is 2.43. The van der Waals surface area contributed by atoms with Crippen LogP contribution in [-0.4, -0.2) is 19.3 Å². The molecule has 0 spiro atoms. The lowest BCUT2D eigenvalue weighted by Gasteiger charge is -2.11. The van der Waals surface area contributed by atoms with Crippen molar-refractivity contribution in [2.24, 2.45) is 7.05 Å². The highest BCUT2D eigenvalue weighted by Gasteiger charge is 2.21. The Hall–Kier alpha value is -1.59. The minimum Gasteiger partial charge on any atom is -0.280 e. The molecule has 21 heavy (non-hydrogen) atoms. The third kappa shape index (κ3) is 2.21. The van der Waals surface area contributed by atoms with E-state index in [-0.39, 0.29) is 10.4 Å². The van der Waals surface area contributed by atoms with Crippen molar-refractivity contribution in [1.82, 2.24) is 19.3 Å². The van der Waals surface area contributed by atoms with Crippen LogP contribution in [0, 0.1) is 12.7 Å². The maximum atomic E-state index is 13.8. The van der Waals surface area contributed by atoms with E-state index in [4.69, 9.17) is 23.2 Å². The van der Waals surface area contributed by atoms with Crippen molar-refractivity contribution in [1.29, 1.82) is 0 Å². The van der Waals surface area contributed by atoms with Gasteiger partial charge in [0.1, 0.15) is 17.2 Å². The van der Waals surface area contributed by atoms with Crippen LogP contribution < -0.4 is 0 Å². The Morgan fingerprint density at radius 2 is 2.05 bits per heavy atom. The van der Waals surface area contributed by atoms with E-state index in [0.29, 0.717) is 11.5 Å². The zero-order valence-corrected chi connectivity index (χ0v) is 13.2. The Labute approximate surface area is 131 Å². The van der Waals surface area contributed by atoms with Gasteiger partial charge in [0.25, 0.3) is 0 Å². The molecule has 0 aliphatic rings. The monoisotopic (exact) mass is 326 g/mol. The standard InChI is InChI=1S/C14H13Cl2FN4/c1-7(15)13-18-12-8(2)19-20(3)14(12)21(13)9-4-5-10(16)11(17)6-9/h4-7H,1-3H3. The van der Waals surface area contributed by atoms with E-state index < -0.39 is 5.82 Å². The third-order valence-corrected chi connectivity index (χ3v) is 3.85. The Morgan fingerprint density at radius 1 is 1.33 bits per heavy atom. The van der Waals surface area contributed by atoms with Gasteiger partial charge in [-0.3, -0.25) is 4.57 Å². The lowest BCUT2D eigenvalue weighted by atomic mass is 10.3. The van der Waals surface area contributed by atoms with Gasteiger partial charge in [0.05, 0.1) is 21.8 Å². The number of benzene rings is 1. The van der Waals surface area contributed by atoms with Crippen LogP contribution >= 0.6 is 23.2 Å². The third-order valence-electron chi connectivity index (χ3n) is 3.35. The first-order valence-corrected chi connectivity index (χ1v) is 7.23. The smallest absolute Gasteiger partial charge is 0.163 e. The van der Waals surface area contributed by atoms with Crippen LogP contribution in [-0.2, 0) is 7.05 Å². The quantitative estimate of drug-likeness (QED) is 0.663. The second-order valence-corrected chi connectivity index (χ2v) is 5.96. The zero-order valence-electron chi connectivity index (χ0n) is 11.7. The molecule has 0 radical (unpaired) electrons. The lowest BCUT2D eigenvalue weighted by molar-refractivity contribution is 0.626. The molecule has 2 heterocycles. The Kier molecular flexibility index (Phi) is 3.42. The summed E-state index contributed by atoms with van der Waals surface area (Å²) in [5.74, 6) is 0.160. The largest absolute Gasteiger partial charge is 0.280 e. The molecule has 3 rings (SSSR count). The highest BCUT2D eigenvalue weighted by atomic mass is 35.5. The van der Waals surface area contributed by atoms with Crippen molar-refractivity contribution in [3.63, 3.8) is 0 Å². The number of fused-ring (bicyclic) bond motifs is 1. The number of alkyl halides is 1. The fraction of sp³-hybridized carbons (Fsp3) is 0.286. The lowest BCUT2D eigenvalue weighted by Crippen LogP contribution is -2.06. The predicted molar refractivity (Wildman–Crippen MR) is 81.8 cm³/mol. The first-order valence-electron chi connectivity index (χ1n) is 6.41. The van der Waals surface area contributed by atoms with Gasteiger partial charge in [-0.25, -0.2) is 14.1 Å². The highest BCUT2D eigenvalue weighted by molar-refractivity contribution is 6.30. The molecule has 4 nitrogen and oxygen atoms in total. The highest BCUT2D eigenvalue weighted by Crippen LogP contribution is 2.30. The summed E-state index contributed by atoms with van der Waals surface area (Å²) < 4.78 is 17.3. The second-order valence-electron chi connectivity index (χ2n) is 4.90. The molecule has 0 saturated carbocycles. The van der Waals surface area contributed by atoms with Crippen molar-refractivity contribution in [2.75, 3.05) is 0 Å². The number of hydrogen-bond donors (Lipinski definition) is 0. The van der Waals surface area contributed by atoms with E-state index in [2.05, 4.69) is 10.1 Å². The molecule has 2 aromatic heterocycles. The van der Waals surface area contributed by atoms with Crippen LogP contribution in [0.1, 0.15) is 23.8 Å². The zero-order chi connectivity index (χ0) is 15.3. The normalized spacial score (nSPS) is 13.0. The maximum Gasteiger partial charge on any atom is 0.163 e. The summed E-state index contributed by atoms with van der Waals surface area (Å²) in [5.41, 5.74) is 2.95. The maximum absolute atomic E-state index is 13.8. The molecule has 1 atom stereocenters. The fourth-order valence-corrected chi connectivity index (χ4v) is 2.70. The molecule has 0 amide bonds. The molecule has 3 aromatic rings. The van der Waals surface area contributed by atoms with Gasteiger partial charge in [-0.05, 0) is 32.0 Å². The van der Waals surface area contributed by atoms with Gasteiger partial charge in [0.2, 0.25) is 0 Å². The van der Waals surface area contributed by atoms with E-state index >= 15 is 0 Å². The average molecular weight is 327 g/mol. The molecule has 0 aliphatic heterocycles. The number of aromatic nitrogens is 4. The van der Waals surface area contributed by atoms with Crippen molar-refractivity contribution >= 4 is 34.4 Å². The number of halogens is 3. The van der Waals surface area contributed by atoms with Gasteiger partial charge in [0.15, 0.2) is 5.65 Å². The molecular formula is C14H13Cl2FN4. The predicted octanol–water partition coefficient (Wildman–Crippen LogP) is 4.16. The van der Waals surface area contributed by atoms with Crippen molar-refractivity contribution in [3.8, 4) is 5.69 Å². The van der Waals surface area contributed by atoms with Crippen molar-refractivity contribution in [2.45, 2.75) is 19.2 Å². The van der Waals surface area contributed by atoms with Gasteiger partial charge in [-0.1, -0.05) is 11.6 Å². The summed E-state index contributed by atoms with van der Waals surface area (Å²) in [5, 5.41) is 4.10. The SMILES string of the molecule is Cc1nn(C)c2c1nc(C(C)Cl)n2-c1ccc(Cl)c(F)c1. The summed E-state index contributed by atoms with van der Waals surface area (Å²) in [6.07, 6.45) is 0. The Morgan fingerprint density at radius 3 is 2.67 bits per heavy atom. The molecule has 0 saturated heterocycles. The summed E-state index contributed by atoms with van der Waals surface area (Å²) >= 11 is 12.0. The molecule has 0 fully saturated rings. The average Bonchev–Trinajstić information content (AvgIpc) is 2.93. The number of rotatable bonds is 2. The number of hydrogen-bond acceptors (Lipinski definition) is 2. The molecule has 1 unspecified atom stereocenters. The van der Waals surface area contributed by atoms with E-state index in [1.54, 1.807) is 10.7 Å². The van der Waals surface area contributed by atoms with E-state index in [0.717, 1.165) is 16.9 Å². The summed E-state index contributed by atoms with van der Waals surface area (Å²) in [6, 6.07) is 4.62. The summed E-state index contributed by atoms with van der Waals surface area (Å²) in [4.78, 5) is 4.55. The van der Waals surface area contributed by atoms with Gasteiger partial charge in [-0.15, -0.1) is 11.6 Å². The van der Waals surface area contributed by atoms with Crippen LogP contribution in [0.4, 0.5) is 4.39 Å². The minimum absolute atomic E-state index is 0.0803. The van der Waals surface area contributed by atoms with Gasteiger partial charge in [-0.2, -0.15) is 5.10 Å². The minimum atomic E-state index is -0.483. The number of aryl methyl sites for hydroxylation is 2. The van der Waals surface area contributed by atoms with Crippen LogP contribution in [0.5, 0.6) is 0 Å². The number of imidazole rings is 1. The molecule has 1 aromatic carbocycles. The van der Waals surface area contributed by atoms with E-state index in [1.165, 1.54) is 12.1 Å². The van der Waals surface area contributed by atoms with Crippen LogP contribution in [0.3, 0.4) is 0 Å². The molecule has 0 aliphatic carbocycles. The Balaban J connectivity index is 2.38. The summed E-state index contributed by atoms with van der Waals surface area (Å²) in [6.45, 7) is 3.71. The number of nitrogens with zero attached hydrogens (tertiary/aromatic N) is 4. The molecular weight excluding hydrogens is 314 g/mol. The molecule has 7 heteroatoms. The van der Waals surface area contributed by atoms with Gasteiger partial charge in [0, 0.05) is 7.05 Å². The molecule has 0 N–H and O–H groups in total. The van der Waals surface area contributed by atoms with Crippen LogP contribution in [0.25, 0.3) is 16.9 Å². The second kappa shape index (κ2) is 5.00. The van der Waals surface area contributed by atoms with Gasteiger partial charge < -0.3 is 0 Å². The first-order chi connectivity index (χ1) is 9.90. The van der Waals surface area contributed by atoms with Gasteiger partial charge >= 0.3 is 0 Å². The van der Waals surface area contributed by atoms with Crippen LogP contribution in [0.15, 0.2) is 18.2 Å². The topological polar surface area (TPSA) is 35.6 Å². The van der Waals surface area contributed by atoms with E-state index in [1.807, 2.05) is 25.5 Å².